The summed E-state index contributed by atoms with van der Waals surface area (Å²) in [6.45, 7) is 13.6. The molecule has 0 atom stereocenters. The van der Waals surface area contributed by atoms with Gasteiger partial charge in [-0.3, -0.25) is 9.89 Å². The Balaban J connectivity index is 0.00000784. The topological polar surface area (TPSA) is 85.8 Å². The van der Waals surface area contributed by atoms with Gasteiger partial charge in [0.15, 0.2) is 5.96 Å². The first-order valence-electron chi connectivity index (χ1n) is 10.0. The van der Waals surface area contributed by atoms with Gasteiger partial charge in [-0.2, -0.15) is 0 Å². The van der Waals surface area contributed by atoms with Crippen molar-refractivity contribution in [2.45, 2.75) is 53.2 Å². The molecule has 0 saturated heterocycles. The van der Waals surface area contributed by atoms with Crippen molar-refractivity contribution in [3.05, 3.63) is 35.9 Å². The minimum atomic E-state index is -3.35. The normalized spacial score (nSPS) is 12.3. The highest BCUT2D eigenvalue weighted by molar-refractivity contribution is 14.0. The van der Waals surface area contributed by atoms with E-state index in [0.717, 1.165) is 18.7 Å². The van der Waals surface area contributed by atoms with Crippen LogP contribution in [0.1, 0.15) is 40.2 Å². The highest BCUT2D eigenvalue weighted by Gasteiger charge is 2.13. The summed E-state index contributed by atoms with van der Waals surface area (Å²) in [6, 6.07) is 10.4. The lowest BCUT2D eigenvalue weighted by Crippen LogP contribution is -2.42. The van der Waals surface area contributed by atoms with E-state index in [9.17, 15) is 8.42 Å². The molecule has 7 nitrogen and oxygen atoms in total. The standard InChI is InChI=1S/C20H37N5O2S.HI/c1-6-21-20(22-12-14-25(17(2)3)18(4)5)23-13-15-28(26,27)24-16-19-10-8-7-9-11-19;/h7-11,17-18,24H,6,12-16H2,1-5H3,(H2,21,22,23);1H. The van der Waals surface area contributed by atoms with Crippen LogP contribution in [0.25, 0.3) is 0 Å². The third kappa shape index (κ3) is 12.4. The van der Waals surface area contributed by atoms with Crippen molar-refractivity contribution in [3.63, 3.8) is 0 Å². The van der Waals surface area contributed by atoms with E-state index >= 15 is 0 Å². The van der Waals surface area contributed by atoms with Crippen LogP contribution in [0.15, 0.2) is 35.3 Å². The predicted octanol–water partition coefficient (Wildman–Crippen LogP) is 2.40. The Bertz CT molecular complexity index is 673. The molecule has 0 saturated carbocycles. The molecule has 3 N–H and O–H groups in total. The van der Waals surface area contributed by atoms with Gasteiger partial charge in [-0.05, 0) is 40.2 Å². The second-order valence-corrected chi connectivity index (χ2v) is 9.16. The summed E-state index contributed by atoms with van der Waals surface area (Å²) < 4.78 is 27.0. The Morgan fingerprint density at radius 1 is 1.07 bits per heavy atom. The van der Waals surface area contributed by atoms with Gasteiger partial charge in [0.05, 0.1) is 12.3 Å². The molecule has 1 rings (SSSR count). The molecule has 0 aliphatic carbocycles. The fraction of sp³-hybridized carbons (Fsp3) is 0.650. The predicted molar refractivity (Wildman–Crippen MR) is 133 cm³/mol. The third-order valence-electron chi connectivity index (χ3n) is 4.30. The summed E-state index contributed by atoms with van der Waals surface area (Å²) in [4.78, 5) is 6.95. The summed E-state index contributed by atoms with van der Waals surface area (Å²) in [5.41, 5.74) is 0.939. The maximum Gasteiger partial charge on any atom is 0.213 e. The van der Waals surface area contributed by atoms with Gasteiger partial charge in [0.25, 0.3) is 0 Å². The fourth-order valence-electron chi connectivity index (χ4n) is 2.90. The number of sulfonamides is 1. The third-order valence-corrected chi connectivity index (χ3v) is 5.63. The summed E-state index contributed by atoms with van der Waals surface area (Å²) in [6.07, 6.45) is 0. The lowest BCUT2D eigenvalue weighted by Gasteiger charge is -2.29. The maximum absolute atomic E-state index is 12.2. The van der Waals surface area contributed by atoms with Gasteiger partial charge in [-0.15, -0.1) is 24.0 Å². The second kappa shape index (κ2) is 15.0. The molecule has 0 unspecified atom stereocenters. The largest absolute Gasteiger partial charge is 0.357 e. The van der Waals surface area contributed by atoms with Crippen molar-refractivity contribution in [3.8, 4) is 0 Å². The lowest BCUT2D eigenvalue weighted by atomic mass is 10.2. The van der Waals surface area contributed by atoms with Crippen LogP contribution >= 0.6 is 24.0 Å². The maximum atomic E-state index is 12.2. The number of nitrogens with one attached hydrogen (secondary N) is 3. The van der Waals surface area contributed by atoms with Gasteiger partial charge in [0.2, 0.25) is 10.0 Å². The molecule has 9 heteroatoms. The average Bonchev–Trinajstić information content (AvgIpc) is 2.63. The molecular formula is C20H38IN5O2S. The monoisotopic (exact) mass is 539 g/mol. The quantitative estimate of drug-likeness (QED) is 0.216. The molecular weight excluding hydrogens is 501 g/mol. The van der Waals surface area contributed by atoms with Crippen LogP contribution in [0.2, 0.25) is 0 Å². The van der Waals surface area contributed by atoms with E-state index in [4.69, 9.17) is 0 Å². The van der Waals surface area contributed by atoms with Crippen LogP contribution in [0.4, 0.5) is 0 Å². The molecule has 0 spiro atoms. The van der Waals surface area contributed by atoms with Gasteiger partial charge in [0, 0.05) is 38.3 Å². The molecule has 0 fully saturated rings. The van der Waals surface area contributed by atoms with Gasteiger partial charge in [-0.25, -0.2) is 13.1 Å². The summed E-state index contributed by atoms with van der Waals surface area (Å²) in [5, 5.41) is 6.27. The Morgan fingerprint density at radius 2 is 1.69 bits per heavy atom. The first kappa shape index (κ1) is 28.1. The minimum Gasteiger partial charge on any atom is -0.357 e. The van der Waals surface area contributed by atoms with Crippen molar-refractivity contribution in [2.75, 3.05) is 31.9 Å². The molecule has 1 aromatic carbocycles. The molecule has 0 aliphatic heterocycles. The fourth-order valence-corrected chi connectivity index (χ4v) is 3.80. The number of nitrogens with zero attached hydrogens (tertiary/aromatic N) is 2. The number of halogens is 1. The van der Waals surface area contributed by atoms with Crippen molar-refractivity contribution < 1.29 is 8.42 Å². The van der Waals surface area contributed by atoms with E-state index in [0.29, 0.717) is 37.7 Å². The number of benzene rings is 1. The molecule has 0 radical (unpaired) electrons. The first-order valence-corrected chi connectivity index (χ1v) is 11.7. The first-order chi connectivity index (χ1) is 13.2. The van der Waals surface area contributed by atoms with E-state index in [2.05, 4.69) is 52.9 Å². The van der Waals surface area contributed by atoms with Crippen molar-refractivity contribution in [2.24, 2.45) is 4.99 Å². The van der Waals surface area contributed by atoms with Crippen molar-refractivity contribution in [1.82, 2.24) is 20.3 Å². The van der Waals surface area contributed by atoms with Crippen LogP contribution in [0, 0.1) is 0 Å². The Morgan fingerprint density at radius 3 is 2.24 bits per heavy atom. The van der Waals surface area contributed by atoms with E-state index in [1.54, 1.807) is 0 Å². The van der Waals surface area contributed by atoms with Gasteiger partial charge in [0.1, 0.15) is 0 Å². The van der Waals surface area contributed by atoms with Crippen LogP contribution in [-0.2, 0) is 16.6 Å². The van der Waals surface area contributed by atoms with Gasteiger partial charge >= 0.3 is 0 Å². The molecule has 0 heterocycles. The highest BCUT2D eigenvalue weighted by atomic mass is 127. The zero-order valence-corrected chi connectivity index (χ0v) is 21.5. The number of rotatable bonds is 12. The smallest absolute Gasteiger partial charge is 0.213 e. The number of hydrogen-bond acceptors (Lipinski definition) is 4. The minimum absolute atomic E-state index is 0. The zero-order chi connectivity index (χ0) is 21.0. The average molecular weight is 540 g/mol. The Labute approximate surface area is 194 Å². The number of hydrogen-bond donors (Lipinski definition) is 3. The van der Waals surface area contributed by atoms with Crippen molar-refractivity contribution in [1.29, 1.82) is 0 Å². The molecule has 0 bridgehead atoms. The van der Waals surface area contributed by atoms with Gasteiger partial charge < -0.3 is 10.6 Å². The molecule has 0 aliphatic rings. The van der Waals surface area contributed by atoms with E-state index < -0.39 is 10.0 Å². The van der Waals surface area contributed by atoms with E-state index in [-0.39, 0.29) is 29.7 Å². The van der Waals surface area contributed by atoms with E-state index in [1.807, 2.05) is 37.3 Å². The second-order valence-electron chi connectivity index (χ2n) is 7.24. The molecule has 0 amide bonds. The van der Waals surface area contributed by atoms with Crippen LogP contribution in [-0.4, -0.2) is 63.3 Å². The molecule has 168 valence electrons. The van der Waals surface area contributed by atoms with Crippen LogP contribution < -0.4 is 15.4 Å². The number of aliphatic imine (C=N–C) groups is 1. The summed E-state index contributed by atoms with van der Waals surface area (Å²) >= 11 is 0. The SMILES string of the molecule is CCNC(=NCCN(C(C)C)C(C)C)NCCS(=O)(=O)NCc1ccccc1.I. The van der Waals surface area contributed by atoms with Crippen LogP contribution in [0.5, 0.6) is 0 Å². The summed E-state index contributed by atoms with van der Waals surface area (Å²) in [5.74, 6) is 0.641. The van der Waals surface area contributed by atoms with Crippen LogP contribution in [0.3, 0.4) is 0 Å². The summed E-state index contributed by atoms with van der Waals surface area (Å²) in [7, 11) is -3.35. The zero-order valence-electron chi connectivity index (χ0n) is 18.3. The molecule has 29 heavy (non-hydrogen) atoms. The Kier molecular flexibility index (Phi) is 14.5. The van der Waals surface area contributed by atoms with E-state index in [1.165, 1.54) is 0 Å². The van der Waals surface area contributed by atoms with Crippen molar-refractivity contribution >= 4 is 40.0 Å². The Hall–Kier alpha value is -0.910. The van der Waals surface area contributed by atoms with Gasteiger partial charge in [-0.1, -0.05) is 30.3 Å². The molecule has 1 aromatic rings. The number of guanidine groups is 1. The highest BCUT2D eigenvalue weighted by Crippen LogP contribution is 2.04. The lowest BCUT2D eigenvalue weighted by molar-refractivity contribution is 0.181. The molecule has 0 aromatic heterocycles.